The molecule has 0 aromatic carbocycles. The van der Waals surface area contributed by atoms with E-state index in [1.165, 1.54) is 0 Å². The molecule has 5 nitrogen and oxygen atoms in total. The molecule has 0 aromatic heterocycles. The number of carbonyl (C=O) groups excluding carboxylic acids is 1. The van der Waals surface area contributed by atoms with E-state index in [2.05, 4.69) is 28.1 Å². The van der Waals surface area contributed by atoms with Crippen LogP contribution < -0.4 is 5.32 Å². The van der Waals surface area contributed by atoms with Gasteiger partial charge in [-0.1, -0.05) is 20.8 Å². The van der Waals surface area contributed by atoms with Crippen molar-refractivity contribution in [1.29, 1.82) is 5.26 Å². The maximum absolute atomic E-state index is 12.0. The second-order valence-corrected chi connectivity index (χ2v) is 5.73. The van der Waals surface area contributed by atoms with Crippen molar-refractivity contribution >= 4 is 5.91 Å². The number of nitriles is 1. The zero-order valence-electron chi connectivity index (χ0n) is 12.6. The first kappa shape index (κ1) is 15.9. The van der Waals surface area contributed by atoms with Gasteiger partial charge in [-0.3, -0.25) is 9.69 Å². The SMILES string of the molecule is CCN1CCN(CC(=O)NC(C)(C#N)C(C)C)CC1. The fourth-order valence-electron chi connectivity index (χ4n) is 2.10. The van der Waals surface area contributed by atoms with Crippen LogP contribution in [-0.2, 0) is 4.79 Å². The smallest absolute Gasteiger partial charge is 0.235 e. The monoisotopic (exact) mass is 266 g/mol. The molecular weight excluding hydrogens is 240 g/mol. The van der Waals surface area contributed by atoms with Gasteiger partial charge in [0.1, 0.15) is 5.54 Å². The van der Waals surface area contributed by atoms with E-state index < -0.39 is 5.54 Å². The first-order chi connectivity index (χ1) is 8.91. The lowest BCUT2D eigenvalue weighted by atomic mass is 9.90. The molecule has 1 rings (SSSR count). The van der Waals surface area contributed by atoms with E-state index in [1.807, 2.05) is 13.8 Å². The van der Waals surface area contributed by atoms with Gasteiger partial charge < -0.3 is 10.2 Å². The van der Waals surface area contributed by atoms with E-state index in [9.17, 15) is 10.1 Å². The molecule has 0 bridgehead atoms. The van der Waals surface area contributed by atoms with Crippen LogP contribution in [-0.4, -0.2) is 60.5 Å². The predicted molar refractivity (Wildman–Crippen MR) is 75.6 cm³/mol. The average molecular weight is 266 g/mol. The minimum Gasteiger partial charge on any atom is -0.337 e. The van der Waals surface area contributed by atoms with E-state index >= 15 is 0 Å². The molecule has 1 fully saturated rings. The number of piperazine rings is 1. The Bertz CT molecular complexity index is 342. The molecule has 0 spiro atoms. The van der Waals surface area contributed by atoms with E-state index in [-0.39, 0.29) is 11.8 Å². The van der Waals surface area contributed by atoms with Crippen LogP contribution in [0.4, 0.5) is 0 Å². The number of hydrogen-bond acceptors (Lipinski definition) is 4. The molecule has 108 valence electrons. The van der Waals surface area contributed by atoms with Gasteiger partial charge in [0.2, 0.25) is 5.91 Å². The summed E-state index contributed by atoms with van der Waals surface area (Å²) in [6.07, 6.45) is 0. The molecule has 1 amide bonds. The molecule has 1 saturated heterocycles. The first-order valence-corrected chi connectivity index (χ1v) is 7.08. The lowest BCUT2D eigenvalue weighted by Crippen LogP contribution is -2.54. The number of likely N-dealkylation sites (N-methyl/N-ethyl adjacent to an activating group) is 1. The third-order valence-corrected chi connectivity index (χ3v) is 4.07. The summed E-state index contributed by atoms with van der Waals surface area (Å²) in [5.41, 5.74) is -0.775. The molecule has 1 aliphatic rings. The van der Waals surface area contributed by atoms with Crippen LogP contribution in [0.3, 0.4) is 0 Å². The van der Waals surface area contributed by atoms with Gasteiger partial charge in [0, 0.05) is 26.2 Å². The van der Waals surface area contributed by atoms with Crippen molar-refractivity contribution in [2.75, 3.05) is 39.3 Å². The van der Waals surface area contributed by atoms with E-state index in [0.717, 1.165) is 32.7 Å². The quantitative estimate of drug-likeness (QED) is 0.795. The van der Waals surface area contributed by atoms with E-state index in [4.69, 9.17) is 0 Å². The Kier molecular flexibility index (Phi) is 5.77. The van der Waals surface area contributed by atoms with Crippen LogP contribution in [0, 0.1) is 17.2 Å². The number of nitrogens with one attached hydrogen (secondary N) is 1. The van der Waals surface area contributed by atoms with Crippen LogP contribution in [0.2, 0.25) is 0 Å². The highest BCUT2D eigenvalue weighted by Gasteiger charge is 2.30. The minimum absolute atomic E-state index is 0.0531. The molecule has 1 heterocycles. The fourth-order valence-corrected chi connectivity index (χ4v) is 2.10. The average Bonchev–Trinajstić information content (AvgIpc) is 2.39. The lowest BCUT2D eigenvalue weighted by molar-refractivity contribution is -0.124. The normalized spacial score (nSPS) is 20.8. The van der Waals surface area contributed by atoms with Crippen molar-refractivity contribution in [3.05, 3.63) is 0 Å². The van der Waals surface area contributed by atoms with Crippen molar-refractivity contribution < 1.29 is 4.79 Å². The zero-order valence-corrected chi connectivity index (χ0v) is 12.6. The van der Waals surface area contributed by atoms with Gasteiger partial charge in [0.05, 0.1) is 12.6 Å². The summed E-state index contributed by atoms with van der Waals surface area (Å²) in [6.45, 7) is 13.2. The number of rotatable bonds is 5. The van der Waals surface area contributed by atoms with Crippen molar-refractivity contribution in [3.8, 4) is 6.07 Å². The Morgan fingerprint density at radius 1 is 1.32 bits per heavy atom. The molecule has 0 aliphatic carbocycles. The minimum atomic E-state index is -0.775. The molecule has 1 aliphatic heterocycles. The topological polar surface area (TPSA) is 59.4 Å². The molecule has 1 N–H and O–H groups in total. The molecule has 0 saturated carbocycles. The largest absolute Gasteiger partial charge is 0.337 e. The maximum Gasteiger partial charge on any atom is 0.235 e. The maximum atomic E-state index is 12.0. The summed E-state index contributed by atoms with van der Waals surface area (Å²) in [6, 6.07) is 2.20. The predicted octanol–water partition coefficient (Wildman–Crippen LogP) is 0.678. The standard InChI is InChI=1S/C14H26N4O/c1-5-17-6-8-18(9-7-17)10-13(19)16-14(4,11-15)12(2)3/h12H,5-10H2,1-4H3,(H,16,19). The van der Waals surface area contributed by atoms with E-state index in [1.54, 1.807) is 6.92 Å². The highest BCUT2D eigenvalue weighted by atomic mass is 16.2. The van der Waals surface area contributed by atoms with Crippen LogP contribution in [0.1, 0.15) is 27.7 Å². The Labute approximate surface area is 116 Å². The molecule has 5 heteroatoms. The van der Waals surface area contributed by atoms with Gasteiger partial charge in [0.25, 0.3) is 0 Å². The fraction of sp³-hybridized carbons (Fsp3) is 0.857. The highest BCUT2D eigenvalue weighted by Crippen LogP contribution is 2.15. The van der Waals surface area contributed by atoms with Gasteiger partial charge in [0.15, 0.2) is 0 Å². The third-order valence-electron chi connectivity index (χ3n) is 4.07. The second-order valence-electron chi connectivity index (χ2n) is 5.73. The second kappa shape index (κ2) is 6.88. The first-order valence-electron chi connectivity index (χ1n) is 7.08. The number of nitrogens with zero attached hydrogens (tertiary/aromatic N) is 3. The highest BCUT2D eigenvalue weighted by molar-refractivity contribution is 5.79. The Balaban J connectivity index is 2.42. The van der Waals surface area contributed by atoms with Crippen LogP contribution in [0.25, 0.3) is 0 Å². The van der Waals surface area contributed by atoms with Gasteiger partial charge in [-0.2, -0.15) is 5.26 Å². The molecule has 1 atom stereocenters. The summed E-state index contributed by atoms with van der Waals surface area (Å²) < 4.78 is 0. The van der Waals surface area contributed by atoms with Gasteiger partial charge in [-0.15, -0.1) is 0 Å². The van der Waals surface area contributed by atoms with Gasteiger partial charge in [-0.25, -0.2) is 0 Å². The number of carbonyl (C=O) groups is 1. The summed E-state index contributed by atoms with van der Waals surface area (Å²) in [5, 5.41) is 12.1. The van der Waals surface area contributed by atoms with Crippen molar-refractivity contribution in [1.82, 2.24) is 15.1 Å². The molecule has 0 aromatic rings. The van der Waals surface area contributed by atoms with Crippen molar-refractivity contribution in [3.63, 3.8) is 0 Å². The Hall–Kier alpha value is -1.12. The van der Waals surface area contributed by atoms with E-state index in [0.29, 0.717) is 6.54 Å². The number of hydrogen-bond donors (Lipinski definition) is 1. The summed E-state index contributed by atoms with van der Waals surface area (Å²) in [5.74, 6) is 0.0427. The summed E-state index contributed by atoms with van der Waals surface area (Å²) >= 11 is 0. The molecular formula is C14H26N4O. The van der Waals surface area contributed by atoms with Crippen LogP contribution in [0.5, 0.6) is 0 Å². The van der Waals surface area contributed by atoms with Gasteiger partial charge >= 0.3 is 0 Å². The lowest BCUT2D eigenvalue weighted by Gasteiger charge is -2.34. The molecule has 19 heavy (non-hydrogen) atoms. The Morgan fingerprint density at radius 3 is 2.26 bits per heavy atom. The number of amides is 1. The van der Waals surface area contributed by atoms with Crippen molar-refractivity contribution in [2.45, 2.75) is 33.2 Å². The van der Waals surface area contributed by atoms with Crippen LogP contribution in [0.15, 0.2) is 0 Å². The third kappa shape index (κ3) is 4.48. The molecule has 1 unspecified atom stereocenters. The van der Waals surface area contributed by atoms with Gasteiger partial charge in [-0.05, 0) is 19.4 Å². The molecule has 0 radical (unpaired) electrons. The zero-order chi connectivity index (χ0) is 14.5. The van der Waals surface area contributed by atoms with Crippen LogP contribution >= 0.6 is 0 Å². The Morgan fingerprint density at radius 2 is 1.84 bits per heavy atom. The summed E-state index contributed by atoms with van der Waals surface area (Å²) in [4.78, 5) is 16.6. The summed E-state index contributed by atoms with van der Waals surface area (Å²) in [7, 11) is 0. The van der Waals surface area contributed by atoms with Crippen molar-refractivity contribution in [2.24, 2.45) is 5.92 Å².